The summed E-state index contributed by atoms with van der Waals surface area (Å²) in [7, 11) is 0. The van der Waals surface area contributed by atoms with Gasteiger partial charge in [-0.1, -0.05) is 32.1 Å². The lowest BCUT2D eigenvalue weighted by Crippen LogP contribution is -2.35. The van der Waals surface area contributed by atoms with E-state index in [-0.39, 0.29) is 24.7 Å². The lowest BCUT2D eigenvalue weighted by Gasteiger charge is -2.16. The molecule has 26 heavy (non-hydrogen) atoms. The van der Waals surface area contributed by atoms with Crippen molar-refractivity contribution >= 4 is 11.8 Å². The minimum absolute atomic E-state index is 0.0107. The van der Waals surface area contributed by atoms with Crippen LogP contribution in [-0.2, 0) is 29.1 Å². The van der Waals surface area contributed by atoms with Crippen molar-refractivity contribution in [3.05, 3.63) is 11.6 Å². The second kappa shape index (κ2) is 9.69. The SMILES string of the molecule is O=C(CCC(=O)NC1CCCCCC1)NCc1nnc2n1CCCCC2. The molecule has 144 valence electrons. The van der Waals surface area contributed by atoms with Crippen LogP contribution in [0.1, 0.15) is 82.3 Å². The summed E-state index contributed by atoms with van der Waals surface area (Å²) >= 11 is 0. The van der Waals surface area contributed by atoms with Crippen molar-refractivity contribution in [1.82, 2.24) is 25.4 Å². The number of hydrogen-bond donors (Lipinski definition) is 2. The normalized spacial score (nSPS) is 18.5. The summed E-state index contributed by atoms with van der Waals surface area (Å²) in [5.74, 6) is 1.73. The Kier molecular flexibility index (Phi) is 7.03. The summed E-state index contributed by atoms with van der Waals surface area (Å²) in [6.45, 7) is 1.31. The number of nitrogens with zero attached hydrogens (tertiary/aromatic N) is 3. The summed E-state index contributed by atoms with van der Waals surface area (Å²) in [4.78, 5) is 24.2. The molecule has 2 amide bonds. The molecule has 1 aliphatic carbocycles. The van der Waals surface area contributed by atoms with Crippen LogP contribution in [0.25, 0.3) is 0 Å². The summed E-state index contributed by atoms with van der Waals surface area (Å²) in [6.07, 6.45) is 12.0. The maximum Gasteiger partial charge on any atom is 0.220 e. The van der Waals surface area contributed by atoms with Crippen molar-refractivity contribution < 1.29 is 9.59 Å². The molecule has 1 aromatic rings. The monoisotopic (exact) mass is 361 g/mol. The fourth-order valence-electron chi connectivity index (χ4n) is 3.89. The van der Waals surface area contributed by atoms with E-state index in [9.17, 15) is 9.59 Å². The van der Waals surface area contributed by atoms with Gasteiger partial charge in [0, 0.05) is 31.8 Å². The number of fused-ring (bicyclic) bond motifs is 1. The first-order valence-electron chi connectivity index (χ1n) is 10.2. The first-order valence-corrected chi connectivity index (χ1v) is 10.2. The second-order valence-electron chi connectivity index (χ2n) is 7.53. The fourth-order valence-corrected chi connectivity index (χ4v) is 3.89. The molecule has 2 N–H and O–H groups in total. The largest absolute Gasteiger partial charge is 0.353 e. The Morgan fingerprint density at radius 2 is 1.65 bits per heavy atom. The molecular weight excluding hydrogens is 330 g/mol. The lowest BCUT2D eigenvalue weighted by molar-refractivity contribution is -0.127. The van der Waals surface area contributed by atoms with Gasteiger partial charge in [-0.15, -0.1) is 10.2 Å². The standard InChI is InChI=1S/C19H31N5O2/c25-18(11-12-19(26)21-15-8-4-1-2-5-9-15)20-14-17-23-22-16-10-6-3-7-13-24(16)17/h15H,1-14H2,(H,20,25)(H,21,26). The van der Waals surface area contributed by atoms with Gasteiger partial charge in [-0.3, -0.25) is 9.59 Å². The molecule has 0 aromatic carbocycles. The first kappa shape index (κ1) is 18.9. The van der Waals surface area contributed by atoms with Gasteiger partial charge in [-0.05, 0) is 25.7 Å². The number of carbonyl (C=O) groups excluding carboxylic acids is 2. The van der Waals surface area contributed by atoms with E-state index in [0.29, 0.717) is 12.6 Å². The van der Waals surface area contributed by atoms with Crippen molar-refractivity contribution in [2.75, 3.05) is 0 Å². The van der Waals surface area contributed by atoms with E-state index in [2.05, 4.69) is 25.4 Å². The van der Waals surface area contributed by atoms with Crippen LogP contribution in [0.2, 0.25) is 0 Å². The molecule has 1 aliphatic heterocycles. The van der Waals surface area contributed by atoms with Crippen LogP contribution < -0.4 is 10.6 Å². The third-order valence-corrected chi connectivity index (χ3v) is 5.43. The van der Waals surface area contributed by atoms with Crippen LogP contribution in [0, 0.1) is 0 Å². The molecule has 3 rings (SSSR count). The quantitative estimate of drug-likeness (QED) is 0.761. The Balaban J connectivity index is 1.37. The molecule has 1 aromatic heterocycles. The smallest absolute Gasteiger partial charge is 0.220 e. The van der Waals surface area contributed by atoms with E-state index in [0.717, 1.165) is 50.3 Å². The highest BCUT2D eigenvalue weighted by molar-refractivity contribution is 5.83. The third kappa shape index (κ3) is 5.54. The van der Waals surface area contributed by atoms with Crippen LogP contribution in [-0.4, -0.2) is 32.6 Å². The van der Waals surface area contributed by atoms with E-state index < -0.39 is 0 Å². The number of nitrogens with one attached hydrogen (secondary N) is 2. The van der Waals surface area contributed by atoms with Crippen LogP contribution in [0.5, 0.6) is 0 Å². The molecule has 0 spiro atoms. The predicted octanol–water partition coefficient (Wildman–Crippen LogP) is 2.24. The Hall–Kier alpha value is -1.92. The highest BCUT2D eigenvalue weighted by Gasteiger charge is 2.17. The Morgan fingerprint density at radius 1 is 0.923 bits per heavy atom. The zero-order valence-corrected chi connectivity index (χ0v) is 15.6. The minimum Gasteiger partial charge on any atom is -0.353 e. The molecular formula is C19H31N5O2. The minimum atomic E-state index is -0.105. The van der Waals surface area contributed by atoms with Crippen molar-refractivity contribution in [3.63, 3.8) is 0 Å². The zero-order valence-electron chi connectivity index (χ0n) is 15.6. The first-order chi connectivity index (χ1) is 12.7. The maximum absolute atomic E-state index is 12.1. The highest BCUT2D eigenvalue weighted by Crippen LogP contribution is 2.17. The molecule has 7 heteroatoms. The molecule has 2 heterocycles. The molecule has 0 atom stereocenters. The Labute approximate surface area is 155 Å². The fraction of sp³-hybridized carbons (Fsp3) is 0.789. The number of rotatable bonds is 6. The lowest BCUT2D eigenvalue weighted by atomic mass is 10.1. The van der Waals surface area contributed by atoms with Crippen LogP contribution >= 0.6 is 0 Å². The van der Waals surface area contributed by atoms with Gasteiger partial charge in [-0.25, -0.2) is 0 Å². The van der Waals surface area contributed by atoms with Crippen molar-refractivity contribution in [2.45, 2.75) is 96.2 Å². The Morgan fingerprint density at radius 3 is 2.46 bits per heavy atom. The second-order valence-corrected chi connectivity index (χ2v) is 7.53. The van der Waals surface area contributed by atoms with Gasteiger partial charge in [0.1, 0.15) is 5.82 Å². The topological polar surface area (TPSA) is 88.9 Å². The molecule has 0 unspecified atom stereocenters. The van der Waals surface area contributed by atoms with Gasteiger partial charge in [-0.2, -0.15) is 0 Å². The summed E-state index contributed by atoms with van der Waals surface area (Å²) in [6, 6.07) is 0.291. The van der Waals surface area contributed by atoms with E-state index >= 15 is 0 Å². The average Bonchev–Trinajstić information content (AvgIpc) is 2.84. The van der Waals surface area contributed by atoms with E-state index in [1.807, 2.05) is 0 Å². The highest BCUT2D eigenvalue weighted by atomic mass is 16.2. The molecule has 0 radical (unpaired) electrons. The maximum atomic E-state index is 12.1. The van der Waals surface area contributed by atoms with Crippen LogP contribution in [0.3, 0.4) is 0 Å². The van der Waals surface area contributed by atoms with Crippen molar-refractivity contribution in [3.8, 4) is 0 Å². The summed E-state index contributed by atoms with van der Waals surface area (Å²) in [5.41, 5.74) is 0. The molecule has 0 bridgehead atoms. The van der Waals surface area contributed by atoms with E-state index in [1.54, 1.807) is 0 Å². The van der Waals surface area contributed by atoms with Gasteiger partial charge in [0.15, 0.2) is 5.82 Å². The van der Waals surface area contributed by atoms with Gasteiger partial charge in [0.25, 0.3) is 0 Å². The van der Waals surface area contributed by atoms with Crippen molar-refractivity contribution in [1.29, 1.82) is 0 Å². The number of aryl methyl sites for hydroxylation is 1. The van der Waals surface area contributed by atoms with Gasteiger partial charge >= 0.3 is 0 Å². The number of carbonyl (C=O) groups is 2. The van der Waals surface area contributed by atoms with Gasteiger partial charge < -0.3 is 15.2 Å². The van der Waals surface area contributed by atoms with Gasteiger partial charge in [0.2, 0.25) is 11.8 Å². The van der Waals surface area contributed by atoms with Crippen LogP contribution in [0.4, 0.5) is 0 Å². The zero-order chi connectivity index (χ0) is 18.2. The van der Waals surface area contributed by atoms with E-state index in [1.165, 1.54) is 32.1 Å². The van der Waals surface area contributed by atoms with E-state index in [4.69, 9.17) is 0 Å². The molecule has 1 fully saturated rings. The van der Waals surface area contributed by atoms with Crippen LogP contribution in [0.15, 0.2) is 0 Å². The van der Waals surface area contributed by atoms with Crippen molar-refractivity contribution in [2.24, 2.45) is 0 Å². The summed E-state index contributed by atoms with van der Waals surface area (Å²) < 4.78 is 2.13. The number of amides is 2. The third-order valence-electron chi connectivity index (χ3n) is 5.43. The van der Waals surface area contributed by atoms with Gasteiger partial charge in [0.05, 0.1) is 6.54 Å². The average molecular weight is 361 g/mol. The molecule has 7 nitrogen and oxygen atoms in total. The molecule has 1 saturated carbocycles. The molecule has 2 aliphatic rings. The number of aromatic nitrogens is 3. The molecule has 0 saturated heterocycles. The summed E-state index contributed by atoms with van der Waals surface area (Å²) in [5, 5.41) is 14.4. The number of hydrogen-bond acceptors (Lipinski definition) is 4. The predicted molar refractivity (Wildman–Crippen MR) is 98.3 cm³/mol. The Bertz CT molecular complexity index is 605.